The molecular weight excluding hydrogens is 321 g/mol. The number of fused-ring (bicyclic) bond motifs is 2. The molecule has 3 aromatic rings. The highest BCUT2D eigenvalue weighted by atomic mass is 19.1. The number of hydrogen-bond donors (Lipinski definition) is 1. The van der Waals surface area contributed by atoms with E-state index in [0.29, 0.717) is 24.1 Å². The number of rotatable bonds is 4. The lowest BCUT2D eigenvalue weighted by Gasteiger charge is -2.11. The minimum Gasteiger partial charge on any atom is -0.493 e. The molecule has 1 aliphatic rings. The zero-order valence-corrected chi connectivity index (χ0v) is 14.3. The number of imidazole rings is 1. The Kier molecular flexibility index (Phi) is 3.78. The van der Waals surface area contributed by atoms with Crippen molar-refractivity contribution in [3.8, 4) is 5.75 Å². The Hall–Kier alpha value is -2.70. The summed E-state index contributed by atoms with van der Waals surface area (Å²) in [6.45, 7) is 5.58. The molecule has 0 amide bonds. The van der Waals surface area contributed by atoms with Gasteiger partial charge in [-0.1, -0.05) is 13.0 Å². The molecule has 0 radical (unpaired) electrons. The SMILES string of the molecule is CCCn1c(Cc2cc3c(cc2C)CCO3)nc2c(N)nc(F)nc21. The molecule has 0 saturated heterocycles. The van der Waals surface area contributed by atoms with Crippen LogP contribution in [0.1, 0.15) is 35.9 Å². The van der Waals surface area contributed by atoms with Gasteiger partial charge in [0, 0.05) is 19.4 Å². The lowest BCUT2D eigenvalue weighted by molar-refractivity contribution is 0.356. The van der Waals surface area contributed by atoms with E-state index in [0.717, 1.165) is 36.6 Å². The maximum Gasteiger partial charge on any atom is 0.312 e. The molecule has 3 heterocycles. The molecule has 4 rings (SSSR count). The molecule has 25 heavy (non-hydrogen) atoms. The summed E-state index contributed by atoms with van der Waals surface area (Å²) in [6, 6.07) is 4.27. The molecule has 0 unspecified atom stereocenters. The number of benzene rings is 1. The van der Waals surface area contributed by atoms with Crippen LogP contribution in [0.25, 0.3) is 11.2 Å². The molecule has 2 aromatic heterocycles. The van der Waals surface area contributed by atoms with Gasteiger partial charge in [-0.15, -0.1) is 0 Å². The summed E-state index contributed by atoms with van der Waals surface area (Å²) < 4.78 is 21.2. The van der Waals surface area contributed by atoms with Crippen molar-refractivity contribution in [2.75, 3.05) is 12.3 Å². The third-order valence-corrected chi connectivity index (χ3v) is 4.62. The molecule has 130 valence electrons. The number of ether oxygens (including phenoxy) is 1. The van der Waals surface area contributed by atoms with Crippen LogP contribution < -0.4 is 10.5 Å². The van der Waals surface area contributed by atoms with Gasteiger partial charge in [0.05, 0.1) is 6.61 Å². The summed E-state index contributed by atoms with van der Waals surface area (Å²) in [6.07, 6.45) is 1.63. The molecule has 0 bridgehead atoms. The summed E-state index contributed by atoms with van der Waals surface area (Å²) in [5, 5.41) is 0. The smallest absolute Gasteiger partial charge is 0.312 e. The van der Waals surface area contributed by atoms with E-state index in [1.54, 1.807) is 0 Å². The van der Waals surface area contributed by atoms with E-state index in [4.69, 9.17) is 10.5 Å². The van der Waals surface area contributed by atoms with Gasteiger partial charge < -0.3 is 15.0 Å². The monoisotopic (exact) mass is 341 g/mol. The Morgan fingerprint density at radius 1 is 1.28 bits per heavy atom. The lowest BCUT2D eigenvalue weighted by Crippen LogP contribution is -2.07. The number of anilines is 1. The van der Waals surface area contributed by atoms with E-state index in [2.05, 4.69) is 40.9 Å². The molecule has 1 aromatic carbocycles. The van der Waals surface area contributed by atoms with Gasteiger partial charge in [-0.2, -0.15) is 14.4 Å². The summed E-state index contributed by atoms with van der Waals surface area (Å²) in [5.74, 6) is 1.83. The summed E-state index contributed by atoms with van der Waals surface area (Å²) in [4.78, 5) is 12.1. The first-order chi connectivity index (χ1) is 12.1. The van der Waals surface area contributed by atoms with Gasteiger partial charge in [-0.3, -0.25) is 0 Å². The molecule has 0 atom stereocenters. The average Bonchev–Trinajstić information content (AvgIpc) is 3.14. The van der Waals surface area contributed by atoms with Crippen LogP contribution in [0.3, 0.4) is 0 Å². The van der Waals surface area contributed by atoms with E-state index in [-0.39, 0.29) is 5.82 Å². The van der Waals surface area contributed by atoms with E-state index >= 15 is 0 Å². The van der Waals surface area contributed by atoms with Crippen LogP contribution in [0.5, 0.6) is 5.75 Å². The second-order valence-electron chi connectivity index (χ2n) is 6.39. The van der Waals surface area contributed by atoms with E-state index in [9.17, 15) is 4.39 Å². The van der Waals surface area contributed by atoms with E-state index in [1.165, 1.54) is 11.1 Å². The zero-order valence-electron chi connectivity index (χ0n) is 14.3. The quantitative estimate of drug-likeness (QED) is 0.738. The van der Waals surface area contributed by atoms with Gasteiger partial charge in [0.25, 0.3) is 0 Å². The maximum absolute atomic E-state index is 13.6. The van der Waals surface area contributed by atoms with E-state index in [1.807, 2.05) is 4.57 Å². The van der Waals surface area contributed by atoms with Gasteiger partial charge in [0.1, 0.15) is 11.6 Å². The number of aryl methyl sites for hydroxylation is 2. The third-order valence-electron chi connectivity index (χ3n) is 4.62. The summed E-state index contributed by atoms with van der Waals surface area (Å²) in [5.41, 5.74) is 10.3. The van der Waals surface area contributed by atoms with Crippen molar-refractivity contribution in [3.05, 3.63) is 40.7 Å². The lowest BCUT2D eigenvalue weighted by atomic mass is 10.0. The minimum atomic E-state index is -0.823. The van der Waals surface area contributed by atoms with Crippen molar-refractivity contribution in [3.63, 3.8) is 0 Å². The van der Waals surface area contributed by atoms with Crippen LogP contribution in [0, 0.1) is 13.0 Å². The first-order valence-electron chi connectivity index (χ1n) is 8.50. The average molecular weight is 341 g/mol. The van der Waals surface area contributed by atoms with Crippen LogP contribution in [0.2, 0.25) is 0 Å². The zero-order chi connectivity index (χ0) is 17.6. The molecule has 2 N–H and O–H groups in total. The molecule has 0 aliphatic carbocycles. The van der Waals surface area contributed by atoms with Crippen molar-refractivity contribution in [1.82, 2.24) is 19.5 Å². The first kappa shape index (κ1) is 15.8. The van der Waals surface area contributed by atoms with Crippen LogP contribution in [0.4, 0.5) is 10.2 Å². The summed E-state index contributed by atoms with van der Waals surface area (Å²) >= 11 is 0. The second kappa shape index (κ2) is 5.98. The third kappa shape index (κ3) is 2.69. The Balaban J connectivity index is 1.81. The van der Waals surface area contributed by atoms with Crippen LogP contribution in [-0.2, 0) is 19.4 Å². The van der Waals surface area contributed by atoms with Crippen LogP contribution >= 0.6 is 0 Å². The van der Waals surface area contributed by atoms with Crippen molar-refractivity contribution in [1.29, 1.82) is 0 Å². The maximum atomic E-state index is 13.6. The minimum absolute atomic E-state index is 0.0765. The first-order valence-corrected chi connectivity index (χ1v) is 8.50. The molecule has 0 spiro atoms. The van der Waals surface area contributed by atoms with Crippen molar-refractivity contribution in [2.24, 2.45) is 0 Å². The van der Waals surface area contributed by atoms with Crippen molar-refractivity contribution < 1.29 is 9.13 Å². The molecule has 7 heteroatoms. The molecule has 6 nitrogen and oxygen atoms in total. The van der Waals surface area contributed by atoms with E-state index < -0.39 is 6.08 Å². The topological polar surface area (TPSA) is 78.9 Å². The van der Waals surface area contributed by atoms with Gasteiger partial charge >= 0.3 is 6.08 Å². The Labute approximate surface area is 144 Å². The second-order valence-corrected chi connectivity index (χ2v) is 6.39. The Morgan fingerprint density at radius 2 is 2.12 bits per heavy atom. The van der Waals surface area contributed by atoms with Gasteiger partial charge in [0.2, 0.25) is 0 Å². The predicted molar refractivity (Wildman–Crippen MR) is 93.2 cm³/mol. The van der Waals surface area contributed by atoms with Crippen LogP contribution in [0.15, 0.2) is 12.1 Å². The number of hydrogen-bond acceptors (Lipinski definition) is 5. The Morgan fingerprint density at radius 3 is 2.92 bits per heavy atom. The normalized spacial score (nSPS) is 13.2. The van der Waals surface area contributed by atoms with Crippen molar-refractivity contribution >= 4 is 17.0 Å². The van der Waals surface area contributed by atoms with Gasteiger partial charge in [0.15, 0.2) is 17.0 Å². The largest absolute Gasteiger partial charge is 0.493 e. The van der Waals surface area contributed by atoms with Crippen LogP contribution in [-0.4, -0.2) is 26.1 Å². The number of nitrogens with two attached hydrogens (primary N) is 1. The fraction of sp³-hybridized carbons (Fsp3) is 0.389. The number of nitrogen functional groups attached to an aromatic ring is 1. The molecule has 1 aliphatic heterocycles. The fourth-order valence-corrected chi connectivity index (χ4v) is 3.38. The predicted octanol–water partition coefficient (Wildman–Crippen LogP) is 2.79. The van der Waals surface area contributed by atoms with Gasteiger partial charge in [-0.05, 0) is 36.1 Å². The highest BCUT2D eigenvalue weighted by molar-refractivity contribution is 5.82. The fourth-order valence-electron chi connectivity index (χ4n) is 3.38. The number of aromatic nitrogens is 4. The molecule has 0 saturated carbocycles. The highest BCUT2D eigenvalue weighted by Gasteiger charge is 2.19. The molecule has 0 fully saturated rings. The Bertz CT molecular complexity index is 966. The standard InChI is InChI=1S/C18H20FN5O/c1-3-5-24-14(21-15-16(20)22-18(19)23-17(15)24)9-12-8-13-11(4-6-25-13)7-10(12)2/h7-8H,3-6,9H2,1-2H3,(H2,20,22,23). The van der Waals surface area contributed by atoms with Gasteiger partial charge in [-0.25, -0.2) is 4.98 Å². The van der Waals surface area contributed by atoms with Crippen molar-refractivity contribution in [2.45, 2.75) is 39.7 Å². The highest BCUT2D eigenvalue weighted by Crippen LogP contribution is 2.30. The number of halogens is 1. The number of nitrogens with zero attached hydrogens (tertiary/aromatic N) is 4. The summed E-state index contributed by atoms with van der Waals surface area (Å²) in [7, 11) is 0. The molecular formula is C18H20FN5O.